The first-order chi connectivity index (χ1) is 6.93. The number of ether oxygens (including phenoxy) is 1. The Bertz CT molecular complexity index is 310. The van der Waals surface area contributed by atoms with Crippen LogP contribution in [0.5, 0.6) is 0 Å². The van der Waals surface area contributed by atoms with E-state index in [1.807, 2.05) is 0 Å². The molecule has 0 amide bonds. The molecule has 0 aromatic heterocycles. The lowest BCUT2D eigenvalue weighted by Crippen LogP contribution is -2.17. The molecule has 1 atom stereocenters. The smallest absolute Gasteiger partial charge is 0.106 e. The summed E-state index contributed by atoms with van der Waals surface area (Å²) < 4.78 is 5.25. The van der Waals surface area contributed by atoms with Gasteiger partial charge in [0.05, 0.1) is 6.61 Å². The van der Waals surface area contributed by atoms with Crippen LogP contribution in [-0.4, -0.2) is 19.7 Å². The van der Waals surface area contributed by atoms with Gasteiger partial charge in [-0.15, -0.1) is 0 Å². The molecule has 2 nitrogen and oxygen atoms in total. The van der Waals surface area contributed by atoms with Gasteiger partial charge in [0, 0.05) is 18.8 Å². The zero-order valence-electron chi connectivity index (χ0n) is 8.28. The van der Waals surface area contributed by atoms with Gasteiger partial charge in [0.1, 0.15) is 6.10 Å². The summed E-state index contributed by atoms with van der Waals surface area (Å²) in [5.74, 6) is 0. The second-order valence-electron chi connectivity index (χ2n) is 4.11. The Balaban J connectivity index is 1.78. The SMILES string of the molecule is c1cc(N2CCCC2)ccc1[C@@H]1CO1. The van der Waals surface area contributed by atoms with Crippen LogP contribution in [0.4, 0.5) is 5.69 Å². The number of benzene rings is 1. The number of nitrogens with zero attached hydrogens (tertiary/aromatic N) is 1. The van der Waals surface area contributed by atoms with Gasteiger partial charge in [-0.05, 0) is 30.5 Å². The van der Waals surface area contributed by atoms with E-state index in [9.17, 15) is 0 Å². The number of hydrogen-bond donors (Lipinski definition) is 0. The van der Waals surface area contributed by atoms with Crippen molar-refractivity contribution >= 4 is 5.69 Å². The normalized spacial score (nSPS) is 25.4. The predicted octanol–water partition coefficient (Wildman–Crippen LogP) is 2.36. The number of rotatable bonds is 2. The van der Waals surface area contributed by atoms with Crippen molar-refractivity contribution in [2.24, 2.45) is 0 Å². The first-order valence-electron chi connectivity index (χ1n) is 5.40. The van der Waals surface area contributed by atoms with Gasteiger partial charge in [-0.25, -0.2) is 0 Å². The quantitative estimate of drug-likeness (QED) is 0.664. The van der Waals surface area contributed by atoms with Crippen molar-refractivity contribution in [3.8, 4) is 0 Å². The fraction of sp³-hybridized carbons (Fsp3) is 0.500. The third kappa shape index (κ3) is 1.50. The predicted molar refractivity (Wildman–Crippen MR) is 56.6 cm³/mol. The standard InChI is InChI=1S/C12H15NO/c1-2-8-13(7-1)11-5-3-10(4-6-11)12-9-14-12/h3-6,12H,1-2,7-9H2/t12-/m0/s1. The van der Waals surface area contributed by atoms with E-state index in [0.29, 0.717) is 6.10 Å². The second kappa shape index (κ2) is 3.28. The van der Waals surface area contributed by atoms with Crippen LogP contribution in [0.1, 0.15) is 24.5 Å². The summed E-state index contributed by atoms with van der Waals surface area (Å²) in [6.45, 7) is 3.35. The van der Waals surface area contributed by atoms with E-state index in [1.54, 1.807) is 0 Å². The van der Waals surface area contributed by atoms with Gasteiger partial charge in [0.2, 0.25) is 0 Å². The van der Waals surface area contributed by atoms with E-state index >= 15 is 0 Å². The van der Waals surface area contributed by atoms with E-state index in [4.69, 9.17) is 4.74 Å². The van der Waals surface area contributed by atoms with Gasteiger partial charge in [-0.2, -0.15) is 0 Å². The van der Waals surface area contributed by atoms with E-state index in [2.05, 4.69) is 29.2 Å². The number of epoxide rings is 1. The Hall–Kier alpha value is -1.02. The maximum atomic E-state index is 5.25. The van der Waals surface area contributed by atoms with Crippen molar-refractivity contribution in [2.75, 3.05) is 24.6 Å². The van der Waals surface area contributed by atoms with Crippen molar-refractivity contribution in [3.05, 3.63) is 29.8 Å². The van der Waals surface area contributed by atoms with Crippen LogP contribution in [0.2, 0.25) is 0 Å². The largest absolute Gasteiger partial charge is 0.372 e. The van der Waals surface area contributed by atoms with E-state index in [-0.39, 0.29) is 0 Å². The summed E-state index contributed by atoms with van der Waals surface area (Å²) in [5.41, 5.74) is 2.69. The first kappa shape index (κ1) is 8.30. The molecule has 2 fully saturated rings. The first-order valence-corrected chi connectivity index (χ1v) is 5.40. The fourth-order valence-corrected chi connectivity index (χ4v) is 2.12. The highest BCUT2D eigenvalue weighted by molar-refractivity contribution is 5.48. The average molecular weight is 189 g/mol. The zero-order valence-corrected chi connectivity index (χ0v) is 8.28. The Morgan fingerprint density at radius 3 is 2.29 bits per heavy atom. The molecule has 0 radical (unpaired) electrons. The Morgan fingerprint density at radius 1 is 1.07 bits per heavy atom. The number of anilines is 1. The molecular formula is C12H15NO. The third-order valence-corrected chi connectivity index (χ3v) is 3.07. The van der Waals surface area contributed by atoms with Crippen molar-refractivity contribution in [1.82, 2.24) is 0 Å². The summed E-state index contributed by atoms with van der Waals surface area (Å²) in [5, 5.41) is 0. The summed E-state index contributed by atoms with van der Waals surface area (Å²) in [4.78, 5) is 2.46. The third-order valence-electron chi connectivity index (χ3n) is 3.07. The Labute approximate surface area is 84.5 Å². The highest BCUT2D eigenvalue weighted by Gasteiger charge is 2.24. The van der Waals surface area contributed by atoms with Gasteiger partial charge in [0.25, 0.3) is 0 Å². The minimum atomic E-state index is 0.391. The fourth-order valence-electron chi connectivity index (χ4n) is 2.12. The minimum absolute atomic E-state index is 0.391. The lowest BCUT2D eigenvalue weighted by Gasteiger charge is -2.17. The second-order valence-corrected chi connectivity index (χ2v) is 4.11. The summed E-state index contributed by atoms with van der Waals surface area (Å²) in [6, 6.07) is 8.85. The molecule has 2 aliphatic heterocycles. The van der Waals surface area contributed by atoms with Crippen LogP contribution in [0, 0.1) is 0 Å². The van der Waals surface area contributed by atoms with Crippen LogP contribution in [0.3, 0.4) is 0 Å². The van der Waals surface area contributed by atoms with E-state index < -0.39 is 0 Å². The summed E-state index contributed by atoms with van der Waals surface area (Å²) >= 11 is 0. The molecule has 0 aliphatic carbocycles. The lowest BCUT2D eigenvalue weighted by atomic mass is 10.1. The number of hydrogen-bond acceptors (Lipinski definition) is 2. The molecular weight excluding hydrogens is 174 g/mol. The molecule has 1 aromatic carbocycles. The van der Waals surface area contributed by atoms with E-state index in [0.717, 1.165) is 6.61 Å². The molecule has 74 valence electrons. The van der Waals surface area contributed by atoms with Crippen molar-refractivity contribution in [2.45, 2.75) is 18.9 Å². The molecule has 14 heavy (non-hydrogen) atoms. The molecule has 2 saturated heterocycles. The van der Waals surface area contributed by atoms with Crippen LogP contribution >= 0.6 is 0 Å². The van der Waals surface area contributed by atoms with Crippen molar-refractivity contribution in [1.29, 1.82) is 0 Å². The maximum absolute atomic E-state index is 5.25. The van der Waals surface area contributed by atoms with Crippen LogP contribution < -0.4 is 4.90 Å². The minimum Gasteiger partial charge on any atom is -0.372 e. The lowest BCUT2D eigenvalue weighted by molar-refractivity contribution is 0.415. The van der Waals surface area contributed by atoms with Gasteiger partial charge in [0.15, 0.2) is 0 Å². The van der Waals surface area contributed by atoms with Gasteiger partial charge in [-0.3, -0.25) is 0 Å². The molecule has 0 saturated carbocycles. The summed E-state index contributed by atoms with van der Waals surface area (Å²) in [7, 11) is 0. The van der Waals surface area contributed by atoms with Crippen LogP contribution in [0.25, 0.3) is 0 Å². The molecule has 2 heteroatoms. The maximum Gasteiger partial charge on any atom is 0.106 e. The average Bonchev–Trinajstić information content (AvgIpc) is 2.94. The van der Waals surface area contributed by atoms with E-state index in [1.165, 1.54) is 37.2 Å². The van der Waals surface area contributed by atoms with Gasteiger partial charge in [-0.1, -0.05) is 12.1 Å². The Morgan fingerprint density at radius 2 is 1.71 bits per heavy atom. The van der Waals surface area contributed by atoms with Crippen molar-refractivity contribution < 1.29 is 4.74 Å². The highest BCUT2D eigenvalue weighted by Crippen LogP contribution is 2.31. The van der Waals surface area contributed by atoms with Gasteiger partial charge < -0.3 is 9.64 Å². The van der Waals surface area contributed by atoms with Crippen molar-refractivity contribution in [3.63, 3.8) is 0 Å². The topological polar surface area (TPSA) is 15.8 Å². The van der Waals surface area contributed by atoms with Crippen LogP contribution in [-0.2, 0) is 4.74 Å². The highest BCUT2D eigenvalue weighted by atomic mass is 16.6. The van der Waals surface area contributed by atoms with Gasteiger partial charge >= 0.3 is 0 Å². The molecule has 2 aliphatic rings. The molecule has 0 unspecified atom stereocenters. The Kier molecular flexibility index (Phi) is 1.95. The molecule has 1 aromatic rings. The molecule has 3 rings (SSSR count). The monoisotopic (exact) mass is 189 g/mol. The molecule has 0 bridgehead atoms. The zero-order chi connectivity index (χ0) is 9.38. The molecule has 0 N–H and O–H groups in total. The summed E-state index contributed by atoms with van der Waals surface area (Å²) in [6.07, 6.45) is 3.07. The molecule has 2 heterocycles. The molecule has 0 spiro atoms. The van der Waals surface area contributed by atoms with Crippen LogP contribution in [0.15, 0.2) is 24.3 Å².